The van der Waals surface area contributed by atoms with Crippen LogP contribution in [0, 0.1) is 24.2 Å². The van der Waals surface area contributed by atoms with Gasteiger partial charge in [0.2, 0.25) is 11.8 Å². The molecule has 0 spiro atoms. The van der Waals surface area contributed by atoms with Gasteiger partial charge >= 0.3 is 18.1 Å². The smallest absolute Gasteiger partial charge is 0.475 e. The molecule has 242 valence electrons. The van der Waals surface area contributed by atoms with Gasteiger partial charge in [-0.25, -0.2) is 9.59 Å². The van der Waals surface area contributed by atoms with Crippen molar-refractivity contribution < 1.29 is 46.9 Å². The van der Waals surface area contributed by atoms with E-state index in [2.05, 4.69) is 14.9 Å². The van der Waals surface area contributed by atoms with Gasteiger partial charge in [0.05, 0.1) is 65.7 Å². The van der Waals surface area contributed by atoms with Crippen LogP contribution < -0.4 is 5.32 Å². The number of fused-ring (bicyclic) bond motifs is 2. The lowest BCUT2D eigenvalue weighted by Crippen LogP contribution is -2.41. The number of hydrogen-bond donors (Lipinski definition) is 2. The second-order valence-electron chi connectivity index (χ2n) is 11.7. The van der Waals surface area contributed by atoms with Gasteiger partial charge in [0, 0.05) is 35.4 Å². The monoisotopic (exact) mass is 650 g/mol. The third-order valence-electron chi connectivity index (χ3n) is 8.44. The molecule has 2 aliphatic heterocycles. The van der Waals surface area contributed by atoms with E-state index in [9.17, 15) is 27.6 Å². The van der Waals surface area contributed by atoms with E-state index >= 15 is 0 Å². The van der Waals surface area contributed by atoms with Crippen LogP contribution in [0.5, 0.6) is 0 Å². The Morgan fingerprint density at radius 3 is 2.47 bits per heavy atom. The number of carbonyl (C=O) groups excluding carboxylic acids is 3. The summed E-state index contributed by atoms with van der Waals surface area (Å²) in [6, 6.07) is 5.80. The number of esters is 1. The molecule has 5 heterocycles. The first kappa shape index (κ1) is 32.6. The van der Waals surface area contributed by atoms with Gasteiger partial charge in [-0.3, -0.25) is 19.5 Å². The number of amides is 2. The fourth-order valence-electron chi connectivity index (χ4n) is 6.04. The van der Waals surface area contributed by atoms with E-state index in [1.54, 1.807) is 13.1 Å². The molecule has 2 amide bonds. The minimum atomic E-state index is -5.08. The molecule has 0 bridgehead atoms. The Morgan fingerprint density at radius 1 is 1.22 bits per heavy atom. The van der Waals surface area contributed by atoms with Crippen molar-refractivity contribution in [3.8, 4) is 11.3 Å². The second-order valence-corrected chi connectivity index (χ2v) is 12.8. The Balaban J connectivity index is 0.000000515. The first-order valence-corrected chi connectivity index (χ1v) is 15.2. The van der Waals surface area contributed by atoms with Crippen molar-refractivity contribution in [1.29, 1.82) is 0 Å². The van der Waals surface area contributed by atoms with Gasteiger partial charge in [-0.15, -0.1) is 11.3 Å². The minimum Gasteiger partial charge on any atom is -0.475 e. The number of rotatable bonds is 7. The molecule has 45 heavy (non-hydrogen) atoms. The van der Waals surface area contributed by atoms with E-state index in [0.717, 1.165) is 45.1 Å². The van der Waals surface area contributed by atoms with Crippen LogP contribution in [0.4, 0.5) is 13.2 Å². The highest BCUT2D eigenvalue weighted by atomic mass is 32.1. The summed E-state index contributed by atoms with van der Waals surface area (Å²) in [7, 11) is 0. The molecule has 11 nitrogen and oxygen atoms in total. The van der Waals surface area contributed by atoms with Crippen molar-refractivity contribution in [1.82, 2.24) is 19.8 Å². The standard InChI is InChI=1S/C28H32N4O5S.C2HF3O2/c1-5-36-27(35)19-11-21(31(15(19)2)13-16-12-29-8-9-37-16)18-6-7-30-20-10-17(38-24(18)20)14-32-25(33)22-23(26(32)34)28(22,3)4;3-2(4,5)1(6)7/h6-7,10-11,16,22-23,29H,5,8-9,12-14H2,1-4H3;(H,6,7). The summed E-state index contributed by atoms with van der Waals surface area (Å²) in [4.78, 5) is 54.4. The summed E-state index contributed by atoms with van der Waals surface area (Å²) in [5.41, 5.74) is 3.75. The van der Waals surface area contributed by atoms with Crippen LogP contribution in [0.1, 0.15) is 41.7 Å². The van der Waals surface area contributed by atoms with Crippen molar-refractivity contribution in [2.24, 2.45) is 17.3 Å². The maximum absolute atomic E-state index is 12.9. The minimum absolute atomic E-state index is 0.0252. The van der Waals surface area contributed by atoms with Crippen LogP contribution in [0.2, 0.25) is 0 Å². The summed E-state index contributed by atoms with van der Waals surface area (Å²) in [6.07, 6.45) is -3.35. The van der Waals surface area contributed by atoms with E-state index in [4.69, 9.17) is 19.4 Å². The molecule has 3 aromatic rings. The number of likely N-dealkylation sites (tertiary alicyclic amines) is 1. The lowest BCUT2D eigenvalue weighted by Gasteiger charge is -2.25. The quantitative estimate of drug-likeness (QED) is 0.287. The summed E-state index contributed by atoms with van der Waals surface area (Å²) in [6.45, 7) is 11.1. The molecule has 0 radical (unpaired) electrons. The number of ether oxygens (including phenoxy) is 2. The number of pyridine rings is 1. The predicted molar refractivity (Wildman–Crippen MR) is 156 cm³/mol. The summed E-state index contributed by atoms with van der Waals surface area (Å²) in [5.74, 6) is -3.63. The number of halogens is 3. The molecule has 15 heteroatoms. The number of imide groups is 1. The molecule has 3 fully saturated rings. The third-order valence-corrected chi connectivity index (χ3v) is 9.58. The Labute approximate surface area is 260 Å². The van der Waals surface area contributed by atoms with Crippen molar-refractivity contribution in [3.63, 3.8) is 0 Å². The summed E-state index contributed by atoms with van der Waals surface area (Å²) in [5, 5.41) is 10.5. The number of piperidine rings is 1. The van der Waals surface area contributed by atoms with Crippen LogP contribution in [0.25, 0.3) is 21.5 Å². The van der Waals surface area contributed by atoms with Crippen LogP contribution in [0.3, 0.4) is 0 Å². The van der Waals surface area contributed by atoms with Gasteiger partial charge in [0.25, 0.3) is 0 Å². The van der Waals surface area contributed by atoms with Gasteiger partial charge in [0.15, 0.2) is 0 Å². The maximum Gasteiger partial charge on any atom is 0.490 e. The van der Waals surface area contributed by atoms with E-state index in [1.807, 2.05) is 39.0 Å². The zero-order valence-electron chi connectivity index (χ0n) is 25.1. The molecule has 3 aromatic heterocycles. The highest BCUT2D eigenvalue weighted by molar-refractivity contribution is 7.19. The number of nitrogens with one attached hydrogen (secondary N) is 1. The normalized spacial score (nSPS) is 22.2. The van der Waals surface area contributed by atoms with Crippen LogP contribution in [-0.2, 0) is 36.9 Å². The molecular formula is C30H33F3N4O7S. The first-order valence-electron chi connectivity index (χ1n) is 14.4. The molecule has 0 aromatic carbocycles. The molecular weight excluding hydrogens is 617 g/mol. The average molecular weight is 651 g/mol. The van der Waals surface area contributed by atoms with Crippen molar-refractivity contribution in [2.75, 3.05) is 26.3 Å². The van der Waals surface area contributed by atoms with Gasteiger partial charge in [-0.05, 0) is 37.5 Å². The SMILES string of the molecule is CCOC(=O)c1cc(-c2ccnc3cc(CN4C(=O)C5C(C4=O)C5(C)C)sc23)n(CC2CNCCO2)c1C.O=C(O)C(F)(F)F. The lowest BCUT2D eigenvalue weighted by atomic mass is 10.1. The maximum atomic E-state index is 12.9. The van der Waals surface area contributed by atoms with Crippen molar-refractivity contribution in [2.45, 2.75) is 53.1 Å². The fraction of sp³-hybridized carbons (Fsp3) is 0.500. The third kappa shape index (κ3) is 6.20. The average Bonchev–Trinajstić information content (AvgIpc) is 3.26. The number of morpholine rings is 1. The Kier molecular flexibility index (Phi) is 8.81. The number of thiophene rings is 1. The predicted octanol–water partition coefficient (Wildman–Crippen LogP) is 4.01. The van der Waals surface area contributed by atoms with Crippen LogP contribution in [-0.4, -0.2) is 81.9 Å². The molecule has 2 N–H and O–H groups in total. The van der Waals surface area contributed by atoms with E-state index in [1.165, 1.54) is 16.2 Å². The van der Waals surface area contributed by atoms with E-state index in [0.29, 0.717) is 25.3 Å². The molecule has 1 saturated carbocycles. The fourth-order valence-corrected chi connectivity index (χ4v) is 7.17. The van der Waals surface area contributed by atoms with Crippen molar-refractivity contribution >= 4 is 45.3 Å². The number of hydrogen-bond acceptors (Lipinski definition) is 9. The van der Waals surface area contributed by atoms with E-state index in [-0.39, 0.29) is 47.7 Å². The molecule has 6 rings (SSSR count). The number of carboxylic acid groups (broad SMARTS) is 1. The number of aliphatic carboxylic acids is 1. The van der Waals surface area contributed by atoms with Gasteiger partial charge in [0.1, 0.15) is 0 Å². The van der Waals surface area contributed by atoms with Gasteiger partial charge in [-0.1, -0.05) is 13.8 Å². The lowest BCUT2D eigenvalue weighted by molar-refractivity contribution is -0.192. The highest BCUT2D eigenvalue weighted by Gasteiger charge is 2.72. The van der Waals surface area contributed by atoms with Crippen LogP contribution in [0.15, 0.2) is 24.4 Å². The number of carbonyl (C=O) groups is 4. The Hall–Kier alpha value is -3.82. The number of carboxylic acids is 1. The Bertz CT molecular complexity index is 1630. The van der Waals surface area contributed by atoms with Crippen molar-refractivity contribution in [3.05, 3.63) is 40.5 Å². The number of aromatic nitrogens is 2. The first-order chi connectivity index (χ1) is 21.2. The molecule has 3 aliphatic rings. The van der Waals surface area contributed by atoms with E-state index < -0.39 is 12.1 Å². The highest BCUT2D eigenvalue weighted by Crippen LogP contribution is 2.63. The largest absolute Gasteiger partial charge is 0.490 e. The molecule has 1 aliphatic carbocycles. The van der Waals surface area contributed by atoms with Gasteiger partial charge in [-0.2, -0.15) is 13.2 Å². The Morgan fingerprint density at radius 2 is 1.89 bits per heavy atom. The zero-order valence-corrected chi connectivity index (χ0v) is 25.9. The summed E-state index contributed by atoms with van der Waals surface area (Å²) < 4.78 is 46.1. The number of nitrogens with zero attached hydrogens (tertiary/aromatic N) is 3. The molecule has 3 atom stereocenters. The van der Waals surface area contributed by atoms with Gasteiger partial charge < -0.3 is 24.5 Å². The second kappa shape index (κ2) is 12.2. The van der Waals surface area contributed by atoms with Crippen LogP contribution >= 0.6 is 11.3 Å². The number of alkyl halides is 3. The molecule has 2 saturated heterocycles. The topological polar surface area (TPSA) is 140 Å². The zero-order chi connectivity index (χ0) is 32.8. The summed E-state index contributed by atoms with van der Waals surface area (Å²) >= 11 is 1.53. The molecule has 3 unspecified atom stereocenters.